The molecule has 1 aromatic heterocycles. The minimum absolute atomic E-state index is 0.244. The molecule has 2 rings (SSSR count). The van der Waals surface area contributed by atoms with Crippen LogP contribution in [0.2, 0.25) is 0 Å². The number of carbonyl (C=O) groups is 1. The van der Waals surface area contributed by atoms with Gasteiger partial charge in [-0.05, 0) is 25.1 Å². The zero-order chi connectivity index (χ0) is 15.8. The van der Waals surface area contributed by atoms with Crippen LogP contribution in [0, 0.1) is 0 Å². The van der Waals surface area contributed by atoms with Gasteiger partial charge < -0.3 is 10.1 Å². The van der Waals surface area contributed by atoms with E-state index in [0.29, 0.717) is 5.75 Å². The summed E-state index contributed by atoms with van der Waals surface area (Å²) in [4.78, 5) is 16.0. The van der Waals surface area contributed by atoms with Crippen molar-refractivity contribution in [1.29, 1.82) is 0 Å². The Bertz CT molecular complexity index is 644. The minimum Gasteiger partial charge on any atom is -0.495 e. The van der Waals surface area contributed by atoms with Crippen molar-refractivity contribution in [2.45, 2.75) is 13.0 Å². The molecule has 22 heavy (non-hydrogen) atoms. The smallest absolute Gasteiger partial charge is 0.262 e. The van der Waals surface area contributed by atoms with E-state index in [1.807, 2.05) is 30.3 Å². The topological polar surface area (TPSA) is 75.6 Å². The van der Waals surface area contributed by atoms with Crippen LogP contribution in [0.15, 0.2) is 53.9 Å². The van der Waals surface area contributed by atoms with Gasteiger partial charge in [0.15, 0.2) is 0 Å². The van der Waals surface area contributed by atoms with Crippen molar-refractivity contribution < 1.29 is 9.53 Å². The second-order valence-corrected chi connectivity index (χ2v) is 4.59. The van der Waals surface area contributed by atoms with Crippen LogP contribution in [0.5, 0.6) is 5.75 Å². The third-order valence-electron chi connectivity index (χ3n) is 2.95. The van der Waals surface area contributed by atoms with E-state index in [1.54, 1.807) is 38.7 Å². The molecule has 0 aliphatic rings. The second-order valence-electron chi connectivity index (χ2n) is 4.59. The Hall–Kier alpha value is -2.89. The lowest BCUT2D eigenvalue weighted by Crippen LogP contribution is -2.35. The zero-order valence-corrected chi connectivity index (χ0v) is 12.5. The van der Waals surface area contributed by atoms with E-state index >= 15 is 0 Å². The maximum absolute atomic E-state index is 12.0. The molecule has 1 heterocycles. The molecule has 0 radical (unpaired) electrons. The molecule has 6 heteroatoms. The summed E-state index contributed by atoms with van der Waals surface area (Å²) in [5, 5.41) is 7.00. The molecule has 0 saturated carbocycles. The fraction of sp³-hybridized carbons (Fsp3) is 0.188. The molecule has 0 spiro atoms. The van der Waals surface area contributed by atoms with E-state index in [9.17, 15) is 4.79 Å². The van der Waals surface area contributed by atoms with Crippen LogP contribution in [0.3, 0.4) is 0 Å². The quantitative estimate of drug-likeness (QED) is 0.632. The molecule has 0 aliphatic carbocycles. The molecule has 2 N–H and O–H groups in total. The van der Waals surface area contributed by atoms with Crippen molar-refractivity contribution >= 4 is 17.8 Å². The highest BCUT2D eigenvalue weighted by molar-refractivity contribution is 5.86. The van der Waals surface area contributed by atoms with E-state index in [1.165, 1.54) is 0 Å². The molecule has 0 fully saturated rings. The summed E-state index contributed by atoms with van der Waals surface area (Å²) in [6.07, 6.45) is 4.88. The number of hydrazone groups is 1. The van der Waals surface area contributed by atoms with Gasteiger partial charge in [0.25, 0.3) is 5.91 Å². The van der Waals surface area contributed by atoms with Crippen LogP contribution in [0.4, 0.5) is 5.69 Å². The summed E-state index contributed by atoms with van der Waals surface area (Å²) in [7, 11) is 1.59. The molecule has 1 atom stereocenters. The van der Waals surface area contributed by atoms with Crippen LogP contribution in [-0.2, 0) is 4.79 Å². The number of benzene rings is 1. The lowest BCUT2D eigenvalue weighted by molar-refractivity contribution is -0.121. The average Bonchev–Trinajstić information content (AvgIpc) is 2.56. The Morgan fingerprint density at radius 2 is 2.14 bits per heavy atom. The Balaban J connectivity index is 1.91. The number of para-hydroxylation sites is 2. The van der Waals surface area contributed by atoms with Gasteiger partial charge >= 0.3 is 0 Å². The first-order valence-corrected chi connectivity index (χ1v) is 6.83. The highest BCUT2D eigenvalue weighted by Gasteiger charge is 2.13. The van der Waals surface area contributed by atoms with Gasteiger partial charge in [0, 0.05) is 18.0 Å². The van der Waals surface area contributed by atoms with Crippen LogP contribution in [0.1, 0.15) is 12.5 Å². The highest BCUT2D eigenvalue weighted by atomic mass is 16.5. The van der Waals surface area contributed by atoms with Crippen LogP contribution in [0.25, 0.3) is 0 Å². The molecule has 0 unspecified atom stereocenters. The van der Waals surface area contributed by atoms with Crippen molar-refractivity contribution in [3.63, 3.8) is 0 Å². The fourth-order valence-corrected chi connectivity index (χ4v) is 1.78. The van der Waals surface area contributed by atoms with Gasteiger partial charge in [-0.15, -0.1) is 0 Å². The first kappa shape index (κ1) is 15.5. The second kappa shape index (κ2) is 7.78. The molecule has 1 aromatic carbocycles. The standard InChI is InChI=1S/C16H18N4O2/c1-12(19-14-7-3-4-8-15(14)22-2)16(21)20-18-11-13-6-5-9-17-10-13/h3-12,19H,1-2H3,(H,20,21)/b18-11-/t12-/m1/s1. The molecule has 0 saturated heterocycles. The lowest BCUT2D eigenvalue weighted by atomic mass is 10.2. The predicted molar refractivity (Wildman–Crippen MR) is 86.1 cm³/mol. The van der Waals surface area contributed by atoms with Crippen molar-refractivity contribution in [3.8, 4) is 5.75 Å². The minimum atomic E-state index is -0.456. The summed E-state index contributed by atoms with van der Waals surface area (Å²) >= 11 is 0. The first-order chi connectivity index (χ1) is 10.7. The number of aromatic nitrogens is 1. The maximum atomic E-state index is 12.0. The molecule has 0 bridgehead atoms. The molecular weight excluding hydrogens is 280 g/mol. The predicted octanol–water partition coefficient (Wildman–Crippen LogP) is 2.04. The number of pyridine rings is 1. The third kappa shape index (κ3) is 4.31. The number of anilines is 1. The van der Waals surface area contributed by atoms with Gasteiger partial charge in [0.05, 0.1) is 19.0 Å². The van der Waals surface area contributed by atoms with Gasteiger partial charge in [-0.1, -0.05) is 18.2 Å². The monoisotopic (exact) mass is 298 g/mol. The van der Waals surface area contributed by atoms with Gasteiger partial charge in [0.1, 0.15) is 11.8 Å². The Labute approximate surface area is 129 Å². The summed E-state index contributed by atoms with van der Waals surface area (Å²) < 4.78 is 5.23. The van der Waals surface area contributed by atoms with Crippen LogP contribution < -0.4 is 15.5 Å². The molecular formula is C16H18N4O2. The van der Waals surface area contributed by atoms with E-state index < -0.39 is 6.04 Å². The van der Waals surface area contributed by atoms with Gasteiger partial charge in [-0.3, -0.25) is 9.78 Å². The Morgan fingerprint density at radius 3 is 2.86 bits per heavy atom. The number of nitrogens with zero attached hydrogens (tertiary/aromatic N) is 2. The lowest BCUT2D eigenvalue weighted by Gasteiger charge is -2.15. The summed E-state index contributed by atoms with van der Waals surface area (Å²) in [6, 6.07) is 10.6. The normalized spacial score (nSPS) is 11.9. The van der Waals surface area contributed by atoms with Crippen molar-refractivity contribution in [2.75, 3.05) is 12.4 Å². The van der Waals surface area contributed by atoms with E-state index in [-0.39, 0.29) is 5.91 Å². The summed E-state index contributed by atoms with van der Waals surface area (Å²) in [5.41, 5.74) is 4.05. The zero-order valence-electron chi connectivity index (χ0n) is 12.5. The van der Waals surface area contributed by atoms with E-state index in [0.717, 1.165) is 11.3 Å². The van der Waals surface area contributed by atoms with Crippen molar-refractivity contribution in [1.82, 2.24) is 10.4 Å². The maximum Gasteiger partial charge on any atom is 0.262 e. The van der Waals surface area contributed by atoms with Crippen LogP contribution in [-0.4, -0.2) is 30.3 Å². The van der Waals surface area contributed by atoms with Gasteiger partial charge in [0.2, 0.25) is 0 Å². The molecule has 2 aromatic rings. The van der Waals surface area contributed by atoms with Crippen LogP contribution >= 0.6 is 0 Å². The number of hydrogen-bond acceptors (Lipinski definition) is 5. The molecule has 114 valence electrons. The largest absolute Gasteiger partial charge is 0.495 e. The Kier molecular flexibility index (Phi) is 5.48. The van der Waals surface area contributed by atoms with Crippen molar-refractivity contribution in [3.05, 3.63) is 54.4 Å². The van der Waals surface area contributed by atoms with Crippen molar-refractivity contribution in [2.24, 2.45) is 5.10 Å². The molecule has 6 nitrogen and oxygen atoms in total. The van der Waals surface area contributed by atoms with E-state index in [2.05, 4.69) is 20.8 Å². The SMILES string of the molecule is COc1ccccc1N[C@H](C)C(=O)N/N=C\c1cccnc1. The number of carbonyl (C=O) groups excluding carboxylic acids is 1. The third-order valence-corrected chi connectivity index (χ3v) is 2.95. The molecule has 1 amide bonds. The first-order valence-electron chi connectivity index (χ1n) is 6.83. The fourth-order valence-electron chi connectivity index (χ4n) is 1.78. The number of amides is 1. The summed E-state index contributed by atoms with van der Waals surface area (Å²) in [6.45, 7) is 1.75. The number of methoxy groups -OCH3 is 1. The number of rotatable bonds is 6. The molecule has 0 aliphatic heterocycles. The van der Waals surface area contributed by atoms with E-state index in [4.69, 9.17) is 4.74 Å². The average molecular weight is 298 g/mol. The van der Waals surface area contributed by atoms with Gasteiger partial charge in [-0.2, -0.15) is 5.10 Å². The number of nitrogens with one attached hydrogen (secondary N) is 2. The highest BCUT2D eigenvalue weighted by Crippen LogP contribution is 2.23. The number of ether oxygens (including phenoxy) is 1. The van der Waals surface area contributed by atoms with Gasteiger partial charge in [-0.25, -0.2) is 5.43 Å². The Morgan fingerprint density at radius 1 is 1.32 bits per heavy atom. The summed E-state index contributed by atoms with van der Waals surface area (Å²) in [5.74, 6) is 0.437. The number of hydrogen-bond donors (Lipinski definition) is 2.